The van der Waals surface area contributed by atoms with Gasteiger partial charge in [0, 0.05) is 5.69 Å². The molecule has 1 fully saturated rings. The van der Waals surface area contributed by atoms with Gasteiger partial charge in [-0.05, 0) is 74.6 Å². The Labute approximate surface area is 178 Å². The highest BCUT2D eigenvalue weighted by atomic mass is 32.2. The van der Waals surface area contributed by atoms with Crippen molar-refractivity contribution < 1.29 is 22.7 Å². The fourth-order valence-electron chi connectivity index (χ4n) is 3.52. The van der Waals surface area contributed by atoms with Gasteiger partial charge < -0.3 is 14.8 Å². The summed E-state index contributed by atoms with van der Waals surface area (Å²) in [5.41, 5.74) is 1.76. The molecule has 1 aliphatic carbocycles. The lowest BCUT2D eigenvalue weighted by Crippen LogP contribution is -2.37. The average Bonchev–Trinajstić information content (AvgIpc) is 3.20. The topological polar surface area (TPSA) is 84.9 Å². The zero-order valence-electron chi connectivity index (χ0n) is 17.6. The number of rotatable bonds is 8. The zero-order valence-corrected chi connectivity index (χ0v) is 18.4. The molecule has 0 radical (unpaired) electrons. The van der Waals surface area contributed by atoms with E-state index in [0.29, 0.717) is 17.1 Å². The Morgan fingerprint density at radius 3 is 2.40 bits per heavy atom. The lowest BCUT2D eigenvalue weighted by molar-refractivity contribution is -0.114. The van der Waals surface area contributed by atoms with Gasteiger partial charge in [0.05, 0.1) is 25.2 Å². The van der Waals surface area contributed by atoms with Crippen molar-refractivity contribution in [2.75, 3.05) is 29.5 Å². The summed E-state index contributed by atoms with van der Waals surface area (Å²) in [6, 6.07) is 12.3. The van der Waals surface area contributed by atoms with E-state index in [1.807, 2.05) is 25.1 Å². The Morgan fingerprint density at radius 2 is 1.80 bits per heavy atom. The number of ether oxygens (including phenoxy) is 2. The Balaban J connectivity index is 1.70. The van der Waals surface area contributed by atoms with Crippen molar-refractivity contribution in [3.8, 4) is 11.5 Å². The maximum atomic E-state index is 12.6. The fourth-order valence-corrected chi connectivity index (χ4v) is 4.37. The third-order valence-corrected chi connectivity index (χ3v) is 6.16. The van der Waals surface area contributed by atoms with Crippen molar-refractivity contribution in [1.29, 1.82) is 0 Å². The van der Waals surface area contributed by atoms with E-state index in [0.717, 1.165) is 34.7 Å². The van der Waals surface area contributed by atoms with E-state index in [2.05, 4.69) is 5.32 Å². The van der Waals surface area contributed by atoms with Crippen LogP contribution in [0, 0.1) is 6.92 Å². The number of benzene rings is 2. The minimum atomic E-state index is -3.70. The van der Waals surface area contributed by atoms with Gasteiger partial charge >= 0.3 is 0 Å². The van der Waals surface area contributed by atoms with Gasteiger partial charge in [-0.2, -0.15) is 0 Å². The summed E-state index contributed by atoms with van der Waals surface area (Å²) in [7, 11) is -2.24. The second kappa shape index (κ2) is 9.38. The number of nitrogens with zero attached hydrogens (tertiary/aromatic N) is 1. The Morgan fingerprint density at radius 1 is 1.13 bits per heavy atom. The number of carbonyl (C=O) groups excluding carboxylic acids is 1. The molecule has 1 N–H and O–H groups in total. The van der Waals surface area contributed by atoms with E-state index >= 15 is 0 Å². The third kappa shape index (κ3) is 5.66. The average molecular weight is 433 g/mol. The van der Waals surface area contributed by atoms with Crippen molar-refractivity contribution in [3.05, 3.63) is 48.0 Å². The molecule has 1 saturated carbocycles. The SMILES string of the molecule is COc1ccc(C)cc1N(CC(=O)Nc1ccc(OC2CCCC2)cc1)S(C)(=O)=O. The molecular formula is C22H28N2O5S. The number of aryl methyl sites for hydroxylation is 1. The van der Waals surface area contributed by atoms with Crippen LogP contribution in [0.1, 0.15) is 31.2 Å². The first-order valence-corrected chi connectivity index (χ1v) is 11.8. The molecule has 0 heterocycles. The van der Waals surface area contributed by atoms with Gasteiger partial charge in [-0.15, -0.1) is 0 Å². The number of nitrogens with one attached hydrogen (secondary N) is 1. The largest absolute Gasteiger partial charge is 0.495 e. The zero-order chi connectivity index (χ0) is 21.7. The monoisotopic (exact) mass is 432 g/mol. The van der Waals surface area contributed by atoms with Gasteiger partial charge in [0.15, 0.2) is 0 Å². The number of hydrogen-bond donors (Lipinski definition) is 1. The first kappa shape index (κ1) is 22.0. The number of sulfonamides is 1. The summed E-state index contributed by atoms with van der Waals surface area (Å²) in [5, 5.41) is 2.75. The molecule has 0 atom stereocenters. The minimum absolute atomic E-state index is 0.262. The molecule has 0 aromatic heterocycles. The van der Waals surface area contributed by atoms with Gasteiger partial charge in [0.1, 0.15) is 18.0 Å². The van der Waals surface area contributed by atoms with E-state index < -0.39 is 15.9 Å². The molecule has 8 heteroatoms. The van der Waals surface area contributed by atoms with Crippen molar-refractivity contribution in [2.24, 2.45) is 0 Å². The normalized spacial score (nSPS) is 14.4. The molecule has 0 unspecified atom stereocenters. The Hall–Kier alpha value is -2.74. The number of methoxy groups -OCH3 is 1. The molecule has 1 amide bonds. The van der Waals surface area contributed by atoms with Gasteiger partial charge in [0.2, 0.25) is 15.9 Å². The summed E-state index contributed by atoms with van der Waals surface area (Å²) < 4.78 is 37.0. The molecule has 162 valence electrons. The van der Waals surface area contributed by atoms with Crippen LogP contribution in [-0.2, 0) is 14.8 Å². The van der Waals surface area contributed by atoms with Crippen molar-refractivity contribution >= 4 is 27.3 Å². The summed E-state index contributed by atoms with van der Waals surface area (Å²) in [4.78, 5) is 12.6. The summed E-state index contributed by atoms with van der Waals surface area (Å²) in [6.07, 6.45) is 5.86. The van der Waals surface area contributed by atoms with Crippen LogP contribution in [0.4, 0.5) is 11.4 Å². The predicted octanol–water partition coefficient (Wildman–Crippen LogP) is 3.73. The summed E-state index contributed by atoms with van der Waals surface area (Å²) >= 11 is 0. The Kier molecular flexibility index (Phi) is 6.87. The van der Waals surface area contributed by atoms with Crippen LogP contribution < -0.4 is 19.1 Å². The maximum absolute atomic E-state index is 12.6. The highest BCUT2D eigenvalue weighted by Gasteiger charge is 2.24. The molecule has 7 nitrogen and oxygen atoms in total. The van der Waals surface area contributed by atoms with Crippen LogP contribution in [0.25, 0.3) is 0 Å². The molecular weight excluding hydrogens is 404 g/mol. The quantitative estimate of drug-likeness (QED) is 0.687. The van der Waals surface area contributed by atoms with E-state index in [4.69, 9.17) is 9.47 Å². The third-order valence-electron chi connectivity index (χ3n) is 5.03. The number of amides is 1. The highest BCUT2D eigenvalue weighted by molar-refractivity contribution is 7.92. The van der Waals surface area contributed by atoms with Crippen LogP contribution in [0.15, 0.2) is 42.5 Å². The summed E-state index contributed by atoms with van der Waals surface area (Å²) in [5.74, 6) is 0.697. The van der Waals surface area contributed by atoms with Crippen LogP contribution in [0.3, 0.4) is 0 Å². The number of carbonyl (C=O) groups is 1. The molecule has 2 aromatic carbocycles. The molecule has 0 spiro atoms. The molecule has 3 rings (SSSR count). The molecule has 0 bridgehead atoms. The first-order valence-electron chi connectivity index (χ1n) is 9.95. The van der Waals surface area contributed by atoms with Crippen molar-refractivity contribution in [2.45, 2.75) is 38.7 Å². The number of anilines is 2. The van der Waals surface area contributed by atoms with E-state index in [1.165, 1.54) is 20.0 Å². The van der Waals surface area contributed by atoms with Gasteiger partial charge in [-0.25, -0.2) is 8.42 Å². The van der Waals surface area contributed by atoms with Crippen molar-refractivity contribution in [3.63, 3.8) is 0 Å². The lowest BCUT2D eigenvalue weighted by Gasteiger charge is -2.24. The molecule has 2 aromatic rings. The summed E-state index contributed by atoms with van der Waals surface area (Å²) in [6.45, 7) is 1.48. The first-order chi connectivity index (χ1) is 14.3. The molecule has 0 aliphatic heterocycles. The molecule has 0 saturated heterocycles. The van der Waals surface area contributed by atoms with Crippen LogP contribution in [0.5, 0.6) is 11.5 Å². The molecule has 1 aliphatic rings. The Bertz CT molecular complexity index is 983. The maximum Gasteiger partial charge on any atom is 0.245 e. The lowest BCUT2D eigenvalue weighted by atomic mass is 10.2. The van der Waals surface area contributed by atoms with Crippen LogP contribution in [-0.4, -0.2) is 40.3 Å². The minimum Gasteiger partial charge on any atom is -0.495 e. The van der Waals surface area contributed by atoms with Gasteiger partial charge in [0.25, 0.3) is 0 Å². The second-order valence-electron chi connectivity index (χ2n) is 7.54. The van der Waals surface area contributed by atoms with E-state index in [1.54, 1.807) is 24.3 Å². The molecule has 30 heavy (non-hydrogen) atoms. The fraction of sp³-hybridized carbons (Fsp3) is 0.409. The van der Waals surface area contributed by atoms with E-state index in [9.17, 15) is 13.2 Å². The second-order valence-corrected chi connectivity index (χ2v) is 9.45. The van der Waals surface area contributed by atoms with Gasteiger partial charge in [-0.1, -0.05) is 6.07 Å². The highest BCUT2D eigenvalue weighted by Crippen LogP contribution is 2.31. The number of hydrogen-bond acceptors (Lipinski definition) is 5. The smallest absolute Gasteiger partial charge is 0.245 e. The standard InChI is InChI=1S/C22H28N2O5S/c1-16-8-13-21(28-2)20(14-16)24(30(3,26)27)15-22(25)23-17-9-11-19(12-10-17)29-18-6-4-5-7-18/h8-14,18H,4-7,15H2,1-3H3,(H,23,25). The van der Waals surface area contributed by atoms with E-state index in [-0.39, 0.29) is 12.6 Å². The van der Waals surface area contributed by atoms with Crippen molar-refractivity contribution in [1.82, 2.24) is 0 Å². The predicted molar refractivity (Wildman–Crippen MR) is 118 cm³/mol. The van der Waals surface area contributed by atoms with Crippen LogP contribution in [0.2, 0.25) is 0 Å². The van der Waals surface area contributed by atoms with Gasteiger partial charge in [-0.3, -0.25) is 9.10 Å². The van der Waals surface area contributed by atoms with Crippen LogP contribution >= 0.6 is 0 Å².